The Bertz CT molecular complexity index is 536. The van der Waals surface area contributed by atoms with Gasteiger partial charge in [0.05, 0.1) is 6.26 Å². The predicted molar refractivity (Wildman–Crippen MR) is 75.5 cm³/mol. The van der Waals surface area contributed by atoms with Gasteiger partial charge in [-0.3, -0.25) is 9.59 Å². The summed E-state index contributed by atoms with van der Waals surface area (Å²) < 4.78 is 5.18. The van der Waals surface area contributed by atoms with Crippen molar-refractivity contribution in [1.29, 1.82) is 0 Å². The molecule has 1 saturated heterocycles. The fourth-order valence-corrected chi connectivity index (χ4v) is 3.78. The van der Waals surface area contributed by atoms with Crippen LogP contribution in [0.3, 0.4) is 0 Å². The summed E-state index contributed by atoms with van der Waals surface area (Å²) in [5.74, 6) is 1.72. The first kappa shape index (κ1) is 12.9. The van der Waals surface area contributed by atoms with Crippen LogP contribution in [0.5, 0.6) is 0 Å². The van der Waals surface area contributed by atoms with Gasteiger partial charge >= 0.3 is 0 Å². The van der Waals surface area contributed by atoms with Crippen LogP contribution in [0.1, 0.15) is 36.2 Å². The molecule has 112 valence electrons. The number of rotatable bonds is 3. The Labute approximate surface area is 123 Å². The van der Waals surface area contributed by atoms with Crippen molar-refractivity contribution in [3.8, 4) is 0 Å². The number of nitrogens with zero attached hydrogens (tertiary/aromatic N) is 1. The van der Waals surface area contributed by atoms with E-state index in [4.69, 9.17) is 4.42 Å². The van der Waals surface area contributed by atoms with Crippen LogP contribution in [-0.4, -0.2) is 35.8 Å². The molecule has 2 saturated carbocycles. The minimum Gasteiger partial charge on any atom is -0.459 e. The Balaban J connectivity index is 1.34. The quantitative estimate of drug-likeness (QED) is 0.920. The molecule has 4 rings (SSSR count). The molecule has 2 amide bonds. The summed E-state index contributed by atoms with van der Waals surface area (Å²) in [7, 11) is 0. The Morgan fingerprint density at radius 2 is 1.90 bits per heavy atom. The van der Waals surface area contributed by atoms with E-state index in [1.165, 1.54) is 6.26 Å². The molecule has 0 spiro atoms. The molecule has 1 aromatic heterocycles. The van der Waals surface area contributed by atoms with Crippen molar-refractivity contribution in [3.63, 3.8) is 0 Å². The molecular weight excluding hydrogens is 268 g/mol. The van der Waals surface area contributed by atoms with E-state index in [1.807, 2.05) is 4.90 Å². The number of furan rings is 1. The van der Waals surface area contributed by atoms with Crippen LogP contribution in [0.2, 0.25) is 0 Å². The Morgan fingerprint density at radius 1 is 1.19 bits per heavy atom. The van der Waals surface area contributed by atoms with Crippen LogP contribution in [0.4, 0.5) is 0 Å². The van der Waals surface area contributed by atoms with Gasteiger partial charge in [0.1, 0.15) is 0 Å². The summed E-state index contributed by atoms with van der Waals surface area (Å²) >= 11 is 0. The maximum absolute atomic E-state index is 12.3. The number of hydrogen-bond acceptors (Lipinski definition) is 3. The van der Waals surface area contributed by atoms with Gasteiger partial charge in [-0.25, -0.2) is 0 Å². The summed E-state index contributed by atoms with van der Waals surface area (Å²) in [5, 5.41) is 3.11. The van der Waals surface area contributed by atoms with Crippen molar-refractivity contribution >= 4 is 11.8 Å². The summed E-state index contributed by atoms with van der Waals surface area (Å²) in [5.41, 5.74) is 0. The summed E-state index contributed by atoms with van der Waals surface area (Å²) in [4.78, 5) is 26.3. The third-order valence-corrected chi connectivity index (χ3v) is 5.06. The lowest BCUT2D eigenvalue weighted by Crippen LogP contribution is -2.33. The van der Waals surface area contributed by atoms with Gasteiger partial charge in [-0.1, -0.05) is 0 Å². The first-order chi connectivity index (χ1) is 10.2. The molecule has 21 heavy (non-hydrogen) atoms. The highest BCUT2D eigenvalue weighted by Crippen LogP contribution is 2.42. The molecule has 1 N–H and O–H groups in total. The van der Waals surface area contributed by atoms with Gasteiger partial charge in [0.25, 0.3) is 5.91 Å². The molecule has 3 aliphatic rings. The Hall–Kier alpha value is -1.78. The number of hydrogen-bond donors (Lipinski definition) is 1. The number of carbonyl (C=O) groups excluding carboxylic acids is 2. The van der Waals surface area contributed by atoms with Gasteiger partial charge < -0.3 is 14.6 Å². The van der Waals surface area contributed by atoms with Crippen LogP contribution >= 0.6 is 0 Å². The third-order valence-electron chi connectivity index (χ3n) is 5.06. The lowest BCUT2D eigenvalue weighted by Gasteiger charge is -2.18. The lowest BCUT2D eigenvalue weighted by molar-refractivity contribution is -0.125. The van der Waals surface area contributed by atoms with Gasteiger partial charge in [0.15, 0.2) is 5.76 Å². The molecule has 3 atom stereocenters. The minimum absolute atomic E-state index is 0.0200. The average Bonchev–Trinajstić information content (AvgIpc) is 2.93. The van der Waals surface area contributed by atoms with Crippen LogP contribution in [0.25, 0.3) is 0 Å². The molecule has 0 bridgehead atoms. The monoisotopic (exact) mass is 288 g/mol. The Kier molecular flexibility index (Phi) is 3.01. The maximum Gasteiger partial charge on any atom is 0.289 e. The zero-order valence-electron chi connectivity index (χ0n) is 12.0. The van der Waals surface area contributed by atoms with Gasteiger partial charge in [-0.15, -0.1) is 0 Å². The number of likely N-dealkylation sites (tertiary alicyclic amines) is 1. The summed E-state index contributed by atoms with van der Waals surface area (Å²) in [6.45, 7) is 1.52. The van der Waals surface area contributed by atoms with E-state index in [2.05, 4.69) is 5.32 Å². The average molecular weight is 288 g/mol. The van der Waals surface area contributed by atoms with Crippen LogP contribution in [-0.2, 0) is 4.79 Å². The van der Waals surface area contributed by atoms with Crippen molar-refractivity contribution in [2.24, 2.45) is 17.8 Å². The molecule has 2 heterocycles. The van der Waals surface area contributed by atoms with E-state index in [0.29, 0.717) is 23.6 Å². The normalized spacial score (nSPS) is 31.2. The largest absolute Gasteiger partial charge is 0.459 e. The van der Waals surface area contributed by atoms with E-state index in [-0.39, 0.29) is 17.7 Å². The van der Waals surface area contributed by atoms with Crippen LogP contribution in [0, 0.1) is 17.8 Å². The second kappa shape index (κ2) is 4.90. The molecule has 5 nitrogen and oxygen atoms in total. The second-order valence-corrected chi connectivity index (χ2v) is 6.66. The van der Waals surface area contributed by atoms with Gasteiger partial charge in [0, 0.05) is 25.0 Å². The SMILES string of the molecule is O=C(NC1CC1)C1C[C@@H]2CN(C(=O)c3ccco3)C[C@@H]2C1. The third kappa shape index (κ3) is 2.45. The van der Waals surface area contributed by atoms with E-state index in [1.54, 1.807) is 12.1 Å². The summed E-state index contributed by atoms with van der Waals surface area (Å²) in [6.07, 6.45) is 5.65. The molecular formula is C16H20N2O3. The predicted octanol–water partition coefficient (Wildman–Crippen LogP) is 1.66. The van der Waals surface area contributed by atoms with Crippen molar-refractivity contribution in [2.75, 3.05) is 13.1 Å². The second-order valence-electron chi connectivity index (χ2n) is 6.66. The molecule has 0 radical (unpaired) electrons. The number of carbonyl (C=O) groups is 2. The molecule has 0 aromatic carbocycles. The van der Waals surface area contributed by atoms with Gasteiger partial charge in [-0.05, 0) is 49.7 Å². The van der Waals surface area contributed by atoms with Crippen LogP contribution < -0.4 is 5.32 Å². The molecule has 1 aliphatic heterocycles. The minimum atomic E-state index is -0.0200. The zero-order valence-corrected chi connectivity index (χ0v) is 12.0. The van der Waals surface area contributed by atoms with Crippen molar-refractivity contribution < 1.29 is 14.0 Å². The molecule has 1 aromatic rings. The van der Waals surface area contributed by atoms with Gasteiger partial charge in [0.2, 0.25) is 5.91 Å². The Morgan fingerprint density at radius 3 is 2.48 bits per heavy atom. The number of nitrogens with one attached hydrogen (secondary N) is 1. The number of amides is 2. The van der Waals surface area contributed by atoms with Crippen molar-refractivity contribution in [1.82, 2.24) is 10.2 Å². The molecule has 3 fully saturated rings. The summed E-state index contributed by atoms with van der Waals surface area (Å²) in [6, 6.07) is 3.89. The van der Waals surface area contributed by atoms with Gasteiger partial charge in [-0.2, -0.15) is 0 Å². The fourth-order valence-electron chi connectivity index (χ4n) is 3.78. The van der Waals surface area contributed by atoms with E-state index in [0.717, 1.165) is 38.8 Å². The highest BCUT2D eigenvalue weighted by molar-refractivity contribution is 5.91. The zero-order chi connectivity index (χ0) is 14.4. The topological polar surface area (TPSA) is 62.6 Å². The molecule has 5 heteroatoms. The van der Waals surface area contributed by atoms with E-state index >= 15 is 0 Å². The first-order valence-electron chi connectivity index (χ1n) is 7.84. The van der Waals surface area contributed by atoms with E-state index < -0.39 is 0 Å². The maximum atomic E-state index is 12.3. The van der Waals surface area contributed by atoms with Crippen molar-refractivity contribution in [2.45, 2.75) is 31.7 Å². The highest BCUT2D eigenvalue weighted by Gasteiger charge is 2.45. The highest BCUT2D eigenvalue weighted by atomic mass is 16.3. The number of fused-ring (bicyclic) bond motifs is 1. The molecule has 1 unspecified atom stereocenters. The van der Waals surface area contributed by atoms with E-state index in [9.17, 15) is 9.59 Å². The van der Waals surface area contributed by atoms with Crippen molar-refractivity contribution in [3.05, 3.63) is 24.2 Å². The molecule has 2 aliphatic carbocycles. The van der Waals surface area contributed by atoms with Crippen LogP contribution in [0.15, 0.2) is 22.8 Å². The smallest absolute Gasteiger partial charge is 0.289 e. The first-order valence-corrected chi connectivity index (χ1v) is 7.84. The standard InChI is InChI=1S/C16H20N2O3/c19-15(17-13-3-4-13)10-6-11-8-18(9-12(11)7-10)16(20)14-2-1-5-21-14/h1-2,5,10-13H,3-4,6-9H2,(H,17,19)/t10?,11-,12+. The fraction of sp³-hybridized carbons (Fsp3) is 0.625. The lowest BCUT2D eigenvalue weighted by atomic mass is 10.0.